The Morgan fingerprint density at radius 3 is 2.79 bits per heavy atom. The van der Waals surface area contributed by atoms with Gasteiger partial charge in [0.05, 0.1) is 19.1 Å². The van der Waals surface area contributed by atoms with E-state index in [1.165, 1.54) is 6.92 Å². The van der Waals surface area contributed by atoms with Gasteiger partial charge in [-0.15, -0.1) is 0 Å². The van der Waals surface area contributed by atoms with E-state index in [0.29, 0.717) is 24.5 Å². The van der Waals surface area contributed by atoms with Crippen molar-refractivity contribution in [3.63, 3.8) is 0 Å². The molecule has 4 rings (SSSR count). The van der Waals surface area contributed by atoms with Crippen molar-refractivity contribution >= 4 is 11.8 Å². The van der Waals surface area contributed by atoms with Crippen molar-refractivity contribution in [1.29, 1.82) is 0 Å². The fourth-order valence-electron chi connectivity index (χ4n) is 4.25. The van der Waals surface area contributed by atoms with Crippen molar-refractivity contribution in [3.8, 4) is 5.88 Å². The van der Waals surface area contributed by atoms with E-state index >= 15 is 0 Å². The van der Waals surface area contributed by atoms with Gasteiger partial charge in [-0.25, -0.2) is 4.98 Å². The highest BCUT2D eigenvalue weighted by atomic mass is 16.5. The number of furan rings is 1. The maximum absolute atomic E-state index is 13.3. The minimum atomic E-state index is -0.194. The Bertz CT molecular complexity index is 920. The molecule has 1 aliphatic heterocycles. The molecule has 0 spiro atoms. The SMILES string of the molecule is COc1nc2c(cc1C(=O)N1C[C@@H](NC(C)=O)[C@H](c3ccc(C)o3)C1)CCC2. The fourth-order valence-corrected chi connectivity index (χ4v) is 4.25. The summed E-state index contributed by atoms with van der Waals surface area (Å²) in [5.74, 6) is 1.63. The number of aryl methyl sites for hydroxylation is 3. The second-order valence-corrected chi connectivity index (χ2v) is 7.58. The highest BCUT2D eigenvalue weighted by Crippen LogP contribution is 2.32. The Labute approximate surface area is 164 Å². The highest BCUT2D eigenvalue weighted by molar-refractivity contribution is 5.97. The van der Waals surface area contributed by atoms with Crippen LogP contribution in [0.1, 0.15) is 52.4 Å². The Morgan fingerprint density at radius 2 is 2.11 bits per heavy atom. The number of carbonyl (C=O) groups is 2. The predicted octanol–water partition coefficient (Wildman–Crippen LogP) is 2.22. The molecule has 1 saturated heterocycles. The average molecular weight is 383 g/mol. The van der Waals surface area contributed by atoms with Crippen molar-refractivity contribution < 1.29 is 18.7 Å². The lowest BCUT2D eigenvalue weighted by atomic mass is 10.0. The maximum Gasteiger partial charge on any atom is 0.259 e. The molecule has 0 radical (unpaired) electrons. The Morgan fingerprint density at radius 1 is 1.29 bits per heavy atom. The standard InChI is InChI=1S/C21H25N3O4/c1-12-7-8-19(28-12)16-10-24(11-18(16)22-13(2)25)21(26)15-9-14-5-4-6-17(14)23-20(15)27-3/h7-9,16,18H,4-6,10-11H2,1-3H3,(H,22,25)/t16-,18-/m1/s1. The summed E-state index contributed by atoms with van der Waals surface area (Å²) in [6, 6.07) is 5.55. The van der Waals surface area contributed by atoms with Crippen LogP contribution in [0.15, 0.2) is 22.6 Å². The number of hydrogen-bond donors (Lipinski definition) is 1. The Hall–Kier alpha value is -2.83. The zero-order valence-electron chi connectivity index (χ0n) is 16.4. The van der Waals surface area contributed by atoms with Crippen LogP contribution in [-0.2, 0) is 17.6 Å². The number of pyridine rings is 1. The molecule has 0 aromatic carbocycles. The van der Waals surface area contributed by atoms with E-state index in [-0.39, 0.29) is 23.8 Å². The maximum atomic E-state index is 13.3. The third kappa shape index (κ3) is 3.37. The second kappa shape index (κ2) is 7.30. The van der Waals surface area contributed by atoms with Crippen LogP contribution < -0.4 is 10.1 Å². The Balaban J connectivity index is 1.62. The topological polar surface area (TPSA) is 84.7 Å². The van der Waals surface area contributed by atoms with Crippen molar-refractivity contribution in [1.82, 2.24) is 15.2 Å². The number of likely N-dealkylation sites (tertiary alicyclic amines) is 1. The monoisotopic (exact) mass is 383 g/mol. The summed E-state index contributed by atoms with van der Waals surface area (Å²) in [5.41, 5.74) is 2.64. The largest absolute Gasteiger partial charge is 0.480 e. The zero-order chi connectivity index (χ0) is 19.8. The van der Waals surface area contributed by atoms with Gasteiger partial charge in [0.25, 0.3) is 5.91 Å². The first-order valence-corrected chi connectivity index (χ1v) is 9.65. The lowest BCUT2D eigenvalue weighted by Gasteiger charge is -2.18. The number of methoxy groups -OCH3 is 1. The van der Waals surface area contributed by atoms with Gasteiger partial charge in [-0.1, -0.05) is 0 Å². The number of hydrogen-bond acceptors (Lipinski definition) is 5. The molecular weight excluding hydrogens is 358 g/mol. The first kappa shape index (κ1) is 18.5. The lowest BCUT2D eigenvalue weighted by Crippen LogP contribution is -2.39. The minimum absolute atomic E-state index is 0.0880. The van der Waals surface area contributed by atoms with Gasteiger partial charge in [-0.05, 0) is 49.9 Å². The fraction of sp³-hybridized carbons (Fsp3) is 0.476. The quantitative estimate of drug-likeness (QED) is 0.875. The minimum Gasteiger partial charge on any atom is -0.480 e. The summed E-state index contributed by atoms with van der Waals surface area (Å²) < 4.78 is 11.2. The molecule has 3 heterocycles. The van der Waals surface area contributed by atoms with Crippen molar-refractivity contribution in [2.75, 3.05) is 20.2 Å². The summed E-state index contributed by atoms with van der Waals surface area (Å²) >= 11 is 0. The van der Waals surface area contributed by atoms with E-state index in [1.807, 2.05) is 25.1 Å². The molecule has 2 aromatic heterocycles. The van der Waals surface area contributed by atoms with Crippen LogP contribution >= 0.6 is 0 Å². The van der Waals surface area contributed by atoms with Crippen LogP contribution in [0, 0.1) is 6.92 Å². The third-order valence-corrected chi connectivity index (χ3v) is 5.56. The molecule has 0 bridgehead atoms. The molecule has 2 aliphatic rings. The van der Waals surface area contributed by atoms with Gasteiger partial charge in [0.2, 0.25) is 11.8 Å². The lowest BCUT2D eigenvalue weighted by molar-refractivity contribution is -0.119. The van der Waals surface area contributed by atoms with Gasteiger partial charge < -0.3 is 19.4 Å². The number of amides is 2. The summed E-state index contributed by atoms with van der Waals surface area (Å²) in [4.78, 5) is 31.3. The summed E-state index contributed by atoms with van der Waals surface area (Å²) in [6.45, 7) is 4.26. The first-order valence-electron chi connectivity index (χ1n) is 9.65. The molecule has 0 unspecified atom stereocenters. The van der Waals surface area contributed by atoms with Crippen LogP contribution in [0.25, 0.3) is 0 Å². The normalized spacial score (nSPS) is 20.9. The van der Waals surface area contributed by atoms with Crippen LogP contribution in [0.2, 0.25) is 0 Å². The van der Waals surface area contributed by atoms with Gasteiger partial charge in [0, 0.05) is 25.7 Å². The van der Waals surface area contributed by atoms with Gasteiger partial charge in [-0.3, -0.25) is 9.59 Å². The number of fused-ring (bicyclic) bond motifs is 1. The summed E-state index contributed by atoms with van der Waals surface area (Å²) in [7, 11) is 1.54. The van der Waals surface area contributed by atoms with E-state index in [2.05, 4.69) is 10.3 Å². The molecule has 28 heavy (non-hydrogen) atoms. The average Bonchev–Trinajstić information content (AvgIpc) is 3.38. The second-order valence-electron chi connectivity index (χ2n) is 7.58. The van der Waals surface area contributed by atoms with E-state index in [0.717, 1.165) is 42.0 Å². The van der Waals surface area contributed by atoms with Crippen molar-refractivity contribution in [3.05, 3.63) is 46.5 Å². The van der Waals surface area contributed by atoms with Gasteiger partial charge >= 0.3 is 0 Å². The van der Waals surface area contributed by atoms with Crippen LogP contribution in [-0.4, -0.2) is 47.9 Å². The van der Waals surface area contributed by atoms with E-state index in [1.54, 1.807) is 12.0 Å². The molecule has 2 amide bonds. The smallest absolute Gasteiger partial charge is 0.259 e. The van der Waals surface area contributed by atoms with Crippen LogP contribution in [0.4, 0.5) is 0 Å². The van der Waals surface area contributed by atoms with Crippen LogP contribution in [0.3, 0.4) is 0 Å². The van der Waals surface area contributed by atoms with E-state index in [9.17, 15) is 9.59 Å². The van der Waals surface area contributed by atoms with Crippen molar-refractivity contribution in [2.24, 2.45) is 0 Å². The first-order chi connectivity index (χ1) is 13.5. The predicted molar refractivity (Wildman–Crippen MR) is 103 cm³/mol. The molecule has 1 aliphatic carbocycles. The van der Waals surface area contributed by atoms with Gasteiger partial charge in [0.15, 0.2) is 0 Å². The van der Waals surface area contributed by atoms with Gasteiger partial charge in [-0.2, -0.15) is 0 Å². The van der Waals surface area contributed by atoms with Crippen LogP contribution in [0.5, 0.6) is 5.88 Å². The molecular formula is C21H25N3O4. The van der Waals surface area contributed by atoms with E-state index in [4.69, 9.17) is 9.15 Å². The van der Waals surface area contributed by atoms with Crippen molar-refractivity contribution in [2.45, 2.75) is 45.1 Å². The number of nitrogens with one attached hydrogen (secondary N) is 1. The number of aromatic nitrogens is 1. The number of rotatable bonds is 4. The highest BCUT2D eigenvalue weighted by Gasteiger charge is 2.39. The summed E-state index contributed by atoms with van der Waals surface area (Å²) in [5, 5.41) is 2.97. The molecule has 1 N–H and O–H groups in total. The Kier molecular flexibility index (Phi) is 4.83. The molecule has 1 fully saturated rings. The number of ether oxygens (including phenoxy) is 1. The zero-order valence-corrected chi connectivity index (χ0v) is 16.4. The summed E-state index contributed by atoms with van der Waals surface area (Å²) in [6.07, 6.45) is 2.92. The van der Waals surface area contributed by atoms with E-state index < -0.39 is 0 Å². The molecule has 7 nitrogen and oxygen atoms in total. The van der Waals surface area contributed by atoms with Gasteiger partial charge in [0.1, 0.15) is 17.1 Å². The molecule has 0 saturated carbocycles. The number of nitrogens with zero attached hydrogens (tertiary/aromatic N) is 2. The molecule has 2 aromatic rings. The molecule has 2 atom stereocenters. The third-order valence-electron chi connectivity index (χ3n) is 5.56. The molecule has 148 valence electrons. The molecule has 7 heteroatoms. The number of carbonyl (C=O) groups excluding carboxylic acids is 2.